The van der Waals surface area contributed by atoms with Crippen molar-refractivity contribution in [1.82, 2.24) is 20.6 Å². The van der Waals surface area contributed by atoms with Crippen molar-refractivity contribution >= 4 is 5.96 Å². The lowest BCUT2D eigenvalue weighted by Gasteiger charge is -2.10. The van der Waals surface area contributed by atoms with Crippen LogP contribution >= 0.6 is 0 Å². The SMILES string of the molecule is CN=C(NCc1cccc(C)n1)NCc1coc(-c2ccccc2)n1. The molecule has 0 aliphatic carbocycles. The van der Waals surface area contributed by atoms with Gasteiger partial charge in [-0.05, 0) is 31.2 Å². The molecule has 6 heteroatoms. The smallest absolute Gasteiger partial charge is 0.226 e. The molecule has 6 nitrogen and oxygen atoms in total. The van der Waals surface area contributed by atoms with E-state index < -0.39 is 0 Å². The number of aromatic nitrogens is 2. The molecule has 0 aliphatic rings. The lowest BCUT2D eigenvalue weighted by molar-refractivity contribution is 0.572. The zero-order chi connectivity index (χ0) is 17.5. The molecule has 0 saturated heterocycles. The first-order chi connectivity index (χ1) is 12.2. The van der Waals surface area contributed by atoms with Crippen molar-refractivity contribution in [3.63, 3.8) is 0 Å². The monoisotopic (exact) mass is 335 g/mol. The molecule has 3 aromatic rings. The largest absolute Gasteiger partial charge is 0.444 e. The van der Waals surface area contributed by atoms with Crippen LogP contribution in [0.3, 0.4) is 0 Å². The first kappa shape index (κ1) is 16.7. The summed E-state index contributed by atoms with van der Waals surface area (Å²) in [7, 11) is 1.73. The maximum Gasteiger partial charge on any atom is 0.226 e. The summed E-state index contributed by atoms with van der Waals surface area (Å²) in [5, 5.41) is 6.46. The number of guanidine groups is 1. The molecule has 0 bridgehead atoms. The van der Waals surface area contributed by atoms with Crippen LogP contribution < -0.4 is 10.6 Å². The standard InChI is InChI=1S/C19H21N5O/c1-14-7-6-10-16(23-14)11-21-19(20-2)22-12-17-13-25-18(24-17)15-8-4-3-5-9-15/h3-10,13H,11-12H2,1-2H3,(H2,20,21,22). The van der Waals surface area contributed by atoms with E-state index in [1.807, 2.05) is 55.5 Å². The third kappa shape index (κ3) is 4.67. The van der Waals surface area contributed by atoms with Gasteiger partial charge in [0.1, 0.15) is 6.26 Å². The summed E-state index contributed by atoms with van der Waals surface area (Å²) >= 11 is 0. The molecular weight excluding hydrogens is 314 g/mol. The number of pyridine rings is 1. The Hall–Kier alpha value is -3.15. The highest BCUT2D eigenvalue weighted by atomic mass is 16.3. The molecule has 0 aliphatic heterocycles. The normalized spacial score (nSPS) is 11.4. The molecule has 1 aromatic carbocycles. The van der Waals surface area contributed by atoms with Gasteiger partial charge in [-0.1, -0.05) is 24.3 Å². The van der Waals surface area contributed by atoms with Gasteiger partial charge in [-0.25, -0.2) is 4.98 Å². The van der Waals surface area contributed by atoms with Crippen LogP contribution in [-0.2, 0) is 13.1 Å². The van der Waals surface area contributed by atoms with Crippen molar-refractivity contribution in [2.45, 2.75) is 20.0 Å². The second-order valence-electron chi connectivity index (χ2n) is 5.56. The summed E-state index contributed by atoms with van der Waals surface area (Å²) < 4.78 is 5.54. The van der Waals surface area contributed by atoms with Crippen LogP contribution in [0.2, 0.25) is 0 Å². The van der Waals surface area contributed by atoms with Crippen LogP contribution in [0.4, 0.5) is 0 Å². The van der Waals surface area contributed by atoms with E-state index in [2.05, 4.69) is 25.6 Å². The number of nitrogens with zero attached hydrogens (tertiary/aromatic N) is 3. The molecule has 25 heavy (non-hydrogen) atoms. The lowest BCUT2D eigenvalue weighted by atomic mass is 10.2. The van der Waals surface area contributed by atoms with Gasteiger partial charge in [0, 0.05) is 18.3 Å². The zero-order valence-corrected chi connectivity index (χ0v) is 14.4. The third-order valence-electron chi connectivity index (χ3n) is 3.62. The predicted molar refractivity (Wildman–Crippen MR) is 98.0 cm³/mol. The van der Waals surface area contributed by atoms with Crippen LogP contribution in [0, 0.1) is 6.92 Å². The number of aliphatic imine (C=N–C) groups is 1. The van der Waals surface area contributed by atoms with Crippen molar-refractivity contribution in [3.8, 4) is 11.5 Å². The second-order valence-corrected chi connectivity index (χ2v) is 5.56. The number of benzene rings is 1. The van der Waals surface area contributed by atoms with E-state index in [0.717, 1.165) is 22.6 Å². The van der Waals surface area contributed by atoms with Gasteiger partial charge in [0.15, 0.2) is 5.96 Å². The fraction of sp³-hybridized carbons (Fsp3) is 0.211. The molecule has 128 valence electrons. The lowest BCUT2D eigenvalue weighted by Crippen LogP contribution is -2.36. The fourth-order valence-electron chi connectivity index (χ4n) is 2.37. The fourth-order valence-corrected chi connectivity index (χ4v) is 2.37. The maximum absolute atomic E-state index is 5.54. The molecule has 0 unspecified atom stereocenters. The maximum atomic E-state index is 5.54. The Labute approximate surface area is 147 Å². The van der Waals surface area contributed by atoms with Crippen LogP contribution in [0.1, 0.15) is 17.1 Å². The molecule has 3 rings (SSSR count). The van der Waals surface area contributed by atoms with Gasteiger partial charge in [0.25, 0.3) is 0 Å². The van der Waals surface area contributed by atoms with E-state index in [1.54, 1.807) is 13.3 Å². The number of hydrogen-bond acceptors (Lipinski definition) is 4. The molecule has 2 N–H and O–H groups in total. The minimum Gasteiger partial charge on any atom is -0.444 e. The Morgan fingerprint density at radius 3 is 2.44 bits per heavy atom. The van der Waals surface area contributed by atoms with Crippen LogP contribution in [0.5, 0.6) is 0 Å². The molecule has 2 heterocycles. The Kier molecular flexibility index (Phi) is 5.41. The van der Waals surface area contributed by atoms with Gasteiger partial charge in [-0.2, -0.15) is 0 Å². The highest BCUT2D eigenvalue weighted by Gasteiger charge is 2.07. The van der Waals surface area contributed by atoms with Crippen molar-refractivity contribution in [2.75, 3.05) is 7.05 Å². The van der Waals surface area contributed by atoms with Gasteiger partial charge in [0.05, 0.1) is 24.5 Å². The third-order valence-corrected chi connectivity index (χ3v) is 3.62. The zero-order valence-electron chi connectivity index (χ0n) is 14.4. The van der Waals surface area contributed by atoms with Gasteiger partial charge in [0.2, 0.25) is 5.89 Å². The molecule has 0 radical (unpaired) electrons. The van der Waals surface area contributed by atoms with Crippen molar-refractivity contribution in [3.05, 3.63) is 71.9 Å². The Bertz CT molecular complexity index is 842. The van der Waals surface area contributed by atoms with Gasteiger partial charge in [-0.15, -0.1) is 0 Å². The van der Waals surface area contributed by atoms with Crippen molar-refractivity contribution in [2.24, 2.45) is 4.99 Å². The quantitative estimate of drug-likeness (QED) is 0.554. The van der Waals surface area contributed by atoms with Crippen LogP contribution in [-0.4, -0.2) is 23.0 Å². The summed E-state index contributed by atoms with van der Waals surface area (Å²) in [6, 6.07) is 15.8. The Morgan fingerprint density at radius 1 is 0.960 bits per heavy atom. The van der Waals surface area contributed by atoms with E-state index in [4.69, 9.17) is 4.42 Å². The summed E-state index contributed by atoms with van der Waals surface area (Å²) in [6.07, 6.45) is 1.66. The number of rotatable bonds is 5. The molecule has 0 atom stereocenters. The summed E-state index contributed by atoms with van der Waals surface area (Å²) in [5.74, 6) is 1.30. The predicted octanol–water partition coefficient (Wildman–Crippen LogP) is 2.91. The number of oxazole rings is 1. The van der Waals surface area contributed by atoms with E-state index in [-0.39, 0.29) is 0 Å². The average molecular weight is 335 g/mol. The molecule has 0 spiro atoms. The molecule has 0 amide bonds. The number of nitrogens with one attached hydrogen (secondary N) is 2. The Balaban J connectivity index is 1.54. The van der Waals surface area contributed by atoms with Crippen LogP contribution in [0.25, 0.3) is 11.5 Å². The summed E-state index contributed by atoms with van der Waals surface area (Å²) in [4.78, 5) is 13.2. The average Bonchev–Trinajstić information content (AvgIpc) is 3.12. The number of aryl methyl sites for hydroxylation is 1. The molecule has 0 saturated carbocycles. The summed E-state index contributed by atoms with van der Waals surface area (Å²) in [6.45, 7) is 3.11. The van der Waals surface area contributed by atoms with Crippen molar-refractivity contribution < 1.29 is 4.42 Å². The van der Waals surface area contributed by atoms with E-state index in [9.17, 15) is 0 Å². The molecule has 2 aromatic heterocycles. The Morgan fingerprint density at radius 2 is 1.72 bits per heavy atom. The van der Waals surface area contributed by atoms with Crippen LogP contribution in [0.15, 0.2) is 64.2 Å². The van der Waals surface area contributed by atoms with E-state index >= 15 is 0 Å². The van der Waals surface area contributed by atoms with E-state index in [0.29, 0.717) is 24.9 Å². The minimum atomic E-state index is 0.525. The molecule has 0 fully saturated rings. The van der Waals surface area contributed by atoms with Gasteiger partial charge in [-0.3, -0.25) is 9.98 Å². The number of hydrogen-bond donors (Lipinski definition) is 2. The molecular formula is C19H21N5O. The first-order valence-corrected chi connectivity index (χ1v) is 8.11. The topological polar surface area (TPSA) is 75.3 Å². The first-order valence-electron chi connectivity index (χ1n) is 8.11. The second kappa shape index (κ2) is 8.10. The van der Waals surface area contributed by atoms with E-state index in [1.165, 1.54) is 0 Å². The minimum absolute atomic E-state index is 0.525. The van der Waals surface area contributed by atoms with Gasteiger partial charge < -0.3 is 15.1 Å². The highest BCUT2D eigenvalue weighted by Crippen LogP contribution is 2.17. The highest BCUT2D eigenvalue weighted by molar-refractivity contribution is 5.79. The van der Waals surface area contributed by atoms with Crippen molar-refractivity contribution in [1.29, 1.82) is 0 Å². The summed E-state index contributed by atoms with van der Waals surface area (Å²) in [5.41, 5.74) is 3.74. The van der Waals surface area contributed by atoms with Gasteiger partial charge >= 0.3 is 0 Å².